The van der Waals surface area contributed by atoms with E-state index < -0.39 is 10.0 Å². The zero-order valence-corrected chi connectivity index (χ0v) is 13.8. The van der Waals surface area contributed by atoms with Crippen molar-refractivity contribution in [3.63, 3.8) is 0 Å². The molecule has 0 radical (unpaired) electrons. The zero-order chi connectivity index (χ0) is 17.0. The van der Waals surface area contributed by atoms with Gasteiger partial charge >= 0.3 is 0 Å². The Morgan fingerprint density at radius 2 is 1.68 bits per heavy atom. The summed E-state index contributed by atoms with van der Waals surface area (Å²) in [5, 5.41) is 4.66. The standard InChI is InChI=1S/C15H12N4O3S2.CH4/c20-14(11-5-7-16-8-6-11)18-12-1-3-13(4-2-12)24(21,22)19-15-17-9-10-23-15;/h1-10H,(H,17,19)(H,18,20);1H4. The fourth-order valence-corrected chi connectivity index (χ4v) is 3.66. The summed E-state index contributed by atoms with van der Waals surface area (Å²) in [6, 6.07) is 9.05. The minimum absolute atomic E-state index is 0. The van der Waals surface area contributed by atoms with Gasteiger partial charge in [0.1, 0.15) is 0 Å². The molecule has 2 heterocycles. The molecule has 0 saturated heterocycles. The van der Waals surface area contributed by atoms with E-state index >= 15 is 0 Å². The van der Waals surface area contributed by atoms with E-state index in [1.54, 1.807) is 17.5 Å². The minimum atomic E-state index is -3.70. The van der Waals surface area contributed by atoms with Gasteiger partial charge in [0.05, 0.1) is 4.90 Å². The van der Waals surface area contributed by atoms with Gasteiger partial charge in [-0.25, -0.2) is 13.4 Å². The Morgan fingerprint density at radius 3 is 2.28 bits per heavy atom. The number of nitrogens with one attached hydrogen (secondary N) is 2. The second kappa shape index (κ2) is 7.86. The van der Waals surface area contributed by atoms with Crippen molar-refractivity contribution in [3.8, 4) is 0 Å². The second-order valence-corrected chi connectivity index (χ2v) is 7.23. The van der Waals surface area contributed by atoms with E-state index in [0.29, 0.717) is 16.4 Å². The smallest absolute Gasteiger partial charge is 0.263 e. The Kier molecular flexibility index (Phi) is 5.84. The van der Waals surface area contributed by atoms with Crippen molar-refractivity contribution in [2.75, 3.05) is 10.0 Å². The van der Waals surface area contributed by atoms with Crippen molar-refractivity contribution in [1.82, 2.24) is 9.97 Å². The van der Waals surface area contributed by atoms with E-state index in [1.807, 2.05) is 0 Å². The van der Waals surface area contributed by atoms with E-state index in [4.69, 9.17) is 0 Å². The maximum Gasteiger partial charge on any atom is 0.263 e. The summed E-state index contributed by atoms with van der Waals surface area (Å²) < 4.78 is 26.8. The number of hydrogen-bond acceptors (Lipinski definition) is 6. The topological polar surface area (TPSA) is 101 Å². The molecule has 2 aromatic heterocycles. The summed E-state index contributed by atoms with van der Waals surface area (Å²) in [5.74, 6) is -0.297. The number of benzene rings is 1. The first-order valence-corrected chi connectivity index (χ1v) is 9.15. The normalized spacial score (nSPS) is 10.6. The zero-order valence-electron chi connectivity index (χ0n) is 12.2. The quantitative estimate of drug-likeness (QED) is 0.712. The number of aromatic nitrogens is 2. The van der Waals surface area contributed by atoms with Crippen molar-refractivity contribution in [3.05, 3.63) is 65.9 Å². The molecule has 0 spiro atoms. The Labute approximate surface area is 149 Å². The molecule has 7 nitrogen and oxygen atoms in total. The van der Waals surface area contributed by atoms with Crippen molar-refractivity contribution >= 4 is 38.1 Å². The van der Waals surface area contributed by atoms with E-state index in [9.17, 15) is 13.2 Å². The number of nitrogens with zero attached hydrogens (tertiary/aromatic N) is 2. The highest BCUT2D eigenvalue weighted by Gasteiger charge is 2.15. The Hall–Kier alpha value is -2.78. The van der Waals surface area contributed by atoms with Crippen LogP contribution >= 0.6 is 11.3 Å². The molecule has 2 N–H and O–H groups in total. The number of amides is 1. The number of carbonyl (C=O) groups excluding carboxylic acids is 1. The number of carbonyl (C=O) groups is 1. The third-order valence-corrected chi connectivity index (χ3v) is 5.19. The van der Waals surface area contributed by atoms with Gasteiger partial charge in [-0.2, -0.15) is 0 Å². The molecule has 0 bridgehead atoms. The number of sulfonamides is 1. The number of thiazole rings is 1. The van der Waals surface area contributed by atoms with Crippen LogP contribution in [0.1, 0.15) is 17.8 Å². The molecule has 0 aliphatic heterocycles. The van der Waals surface area contributed by atoms with Crippen LogP contribution in [0.25, 0.3) is 0 Å². The summed E-state index contributed by atoms with van der Waals surface area (Å²) in [6.45, 7) is 0. The molecule has 0 fully saturated rings. The largest absolute Gasteiger partial charge is 0.322 e. The highest BCUT2D eigenvalue weighted by Crippen LogP contribution is 2.19. The monoisotopic (exact) mass is 376 g/mol. The number of anilines is 2. The molecule has 25 heavy (non-hydrogen) atoms. The Morgan fingerprint density at radius 1 is 1.00 bits per heavy atom. The molecular formula is C16H16N4O3S2. The fourth-order valence-electron chi connectivity index (χ4n) is 1.87. The van der Waals surface area contributed by atoms with Crippen LogP contribution in [-0.2, 0) is 10.0 Å². The first-order valence-electron chi connectivity index (χ1n) is 6.78. The highest BCUT2D eigenvalue weighted by molar-refractivity contribution is 7.93. The third-order valence-electron chi connectivity index (χ3n) is 3.02. The van der Waals surface area contributed by atoms with Crippen LogP contribution in [0.5, 0.6) is 0 Å². The van der Waals surface area contributed by atoms with Gasteiger partial charge in [0, 0.05) is 35.2 Å². The summed E-state index contributed by atoms with van der Waals surface area (Å²) in [5.41, 5.74) is 0.956. The molecule has 0 aliphatic rings. The molecule has 0 aliphatic carbocycles. The van der Waals surface area contributed by atoms with Crippen LogP contribution in [-0.4, -0.2) is 24.3 Å². The first-order chi connectivity index (χ1) is 11.5. The van der Waals surface area contributed by atoms with Gasteiger partial charge in [-0.1, -0.05) is 7.43 Å². The molecule has 130 valence electrons. The second-order valence-electron chi connectivity index (χ2n) is 4.66. The summed E-state index contributed by atoms with van der Waals surface area (Å²) in [4.78, 5) is 19.8. The van der Waals surface area contributed by atoms with Gasteiger partial charge < -0.3 is 5.32 Å². The van der Waals surface area contributed by atoms with Gasteiger partial charge in [0.25, 0.3) is 15.9 Å². The van der Waals surface area contributed by atoms with E-state index in [2.05, 4.69) is 20.0 Å². The van der Waals surface area contributed by atoms with Gasteiger partial charge in [0.2, 0.25) is 0 Å². The van der Waals surface area contributed by atoms with Gasteiger partial charge in [-0.15, -0.1) is 11.3 Å². The number of hydrogen-bond donors (Lipinski definition) is 2. The van der Waals surface area contributed by atoms with Crippen molar-refractivity contribution in [2.24, 2.45) is 0 Å². The summed E-state index contributed by atoms with van der Waals surface area (Å²) >= 11 is 1.19. The van der Waals surface area contributed by atoms with Gasteiger partial charge in [-0.05, 0) is 36.4 Å². The summed E-state index contributed by atoms with van der Waals surface area (Å²) in [6.07, 6.45) is 4.56. The SMILES string of the molecule is C.O=C(Nc1ccc(S(=O)(=O)Nc2nccs2)cc1)c1ccncc1. The van der Waals surface area contributed by atoms with E-state index in [0.717, 1.165) is 0 Å². The molecule has 3 rings (SSSR count). The predicted octanol–water partition coefficient (Wildman–Crippen LogP) is 3.23. The van der Waals surface area contributed by atoms with Crippen LogP contribution in [0, 0.1) is 0 Å². The lowest BCUT2D eigenvalue weighted by Gasteiger charge is -2.08. The van der Waals surface area contributed by atoms with Crippen LogP contribution in [0.4, 0.5) is 10.8 Å². The van der Waals surface area contributed by atoms with Crippen molar-refractivity contribution < 1.29 is 13.2 Å². The molecule has 1 aromatic carbocycles. The van der Waals surface area contributed by atoms with Crippen molar-refractivity contribution in [2.45, 2.75) is 12.3 Å². The maximum absolute atomic E-state index is 12.2. The molecule has 3 aromatic rings. The van der Waals surface area contributed by atoms with E-state index in [-0.39, 0.29) is 18.2 Å². The molecule has 0 saturated carbocycles. The predicted molar refractivity (Wildman–Crippen MR) is 98.3 cm³/mol. The lowest BCUT2D eigenvalue weighted by Crippen LogP contribution is -2.14. The Bertz CT molecular complexity index is 925. The van der Waals surface area contributed by atoms with Crippen LogP contribution in [0.3, 0.4) is 0 Å². The maximum atomic E-state index is 12.2. The van der Waals surface area contributed by atoms with Gasteiger partial charge in [0.15, 0.2) is 5.13 Å². The average Bonchev–Trinajstić information content (AvgIpc) is 3.08. The third kappa shape index (κ3) is 4.61. The summed E-state index contributed by atoms with van der Waals surface area (Å²) in [7, 11) is -3.70. The average molecular weight is 376 g/mol. The van der Waals surface area contributed by atoms with Crippen LogP contribution in [0.15, 0.2) is 65.3 Å². The van der Waals surface area contributed by atoms with Gasteiger partial charge in [-0.3, -0.25) is 14.5 Å². The van der Waals surface area contributed by atoms with Crippen molar-refractivity contribution in [1.29, 1.82) is 0 Å². The fraction of sp³-hybridized carbons (Fsp3) is 0.0625. The number of rotatable bonds is 5. The Balaban J connectivity index is 0.00000225. The molecule has 1 amide bonds. The van der Waals surface area contributed by atoms with E-state index in [1.165, 1.54) is 54.2 Å². The van der Waals surface area contributed by atoms with Crippen LogP contribution in [0.2, 0.25) is 0 Å². The molecule has 9 heteroatoms. The van der Waals surface area contributed by atoms with Crippen LogP contribution < -0.4 is 10.0 Å². The minimum Gasteiger partial charge on any atom is -0.322 e. The highest BCUT2D eigenvalue weighted by atomic mass is 32.2. The first kappa shape index (κ1) is 18.6. The number of pyridine rings is 1. The molecule has 0 atom stereocenters. The lowest BCUT2D eigenvalue weighted by molar-refractivity contribution is 0.102. The molecular weight excluding hydrogens is 360 g/mol. The lowest BCUT2D eigenvalue weighted by atomic mass is 10.2. The molecule has 0 unspecified atom stereocenters.